The highest BCUT2D eigenvalue weighted by Crippen LogP contribution is 2.24. The van der Waals surface area contributed by atoms with Crippen LogP contribution < -0.4 is 0 Å². The van der Waals surface area contributed by atoms with Gasteiger partial charge in [-0.25, -0.2) is 0 Å². The smallest absolute Gasteiger partial charge is 0.165 e. The lowest BCUT2D eigenvalue weighted by Gasteiger charge is -2.10. The summed E-state index contributed by atoms with van der Waals surface area (Å²) in [7, 11) is 0. The zero-order valence-corrected chi connectivity index (χ0v) is 4.09. The molecule has 0 saturated heterocycles. The van der Waals surface area contributed by atoms with Crippen LogP contribution in [-0.2, 0) is 0 Å². The Labute approximate surface area is 42.8 Å². The molecule has 0 bridgehead atoms. The van der Waals surface area contributed by atoms with Crippen molar-refractivity contribution in [2.45, 2.75) is 25.0 Å². The first-order chi connectivity index (χ1) is 3.21. The molecule has 1 saturated carbocycles. The Kier molecular flexibility index (Phi) is 1.05. The molecule has 1 aliphatic rings. The van der Waals surface area contributed by atoms with E-state index in [4.69, 9.17) is 10.2 Å². The lowest BCUT2D eigenvalue weighted by Crippen LogP contribution is -2.22. The summed E-state index contributed by atoms with van der Waals surface area (Å²) in [6, 6.07) is 0. The van der Waals surface area contributed by atoms with Gasteiger partial charge in [-0.2, -0.15) is 0 Å². The summed E-state index contributed by atoms with van der Waals surface area (Å²) >= 11 is 0. The number of rotatable bonds is 0. The molecule has 0 aromatic rings. The summed E-state index contributed by atoms with van der Waals surface area (Å²) in [4.78, 5) is 0. The van der Waals surface area contributed by atoms with Gasteiger partial charge in [0.1, 0.15) is 0 Å². The van der Waals surface area contributed by atoms with Gasteiger partial charge in [-0.1, -0.05) is 0 Å². The van der Waals surface area contributed by atoms with Crippen molar-refractivity contribution in [1.82, 2.24) is 0 Å². The first-order valence-electron chi connectivity index (χ1n) is 2.50. The predicted molar refractivity (Wildman–Crippen MR) is 25.3 cm³/mol. The van der Waals surface area contributed by atoms with Crippen molar-refractivity contribution in [2.75, 3.05) is 0 Å². The first kappa shape index (κ1) is 5.06. The van der Waals surface area contributed by atoms with E-state index < -0.39 is 5.79 Å². The maximum absolute atomic E-state index is 8.69. The van der Waals surface area contributed by atoms with Crippen molar-refractivity contribution < 1.29 is 10.2 Å². The molecule has 0 unspecified atom stereocenters. The average Bonchev–Trinajstić information content (AvgIpc) is 1.84. The molecule has 0 atom stereocenters. The van der Waals surface area contributed by atoms with Crippen molar-refractivity contribution in [3.05, 3.63) is 6.42 Å². The lowest BCUT2D eigenvalue weighted by molar-refractivity contribution is -0.124. The third-order valence-corrected chi connectivity index (χ3v) is 1.22. The van der Waals surface area contributed by atoms with Gasteiger partial charge in [0, 0.05) is 12.8 Å². The fourth-order valence-corrected chi connectivity index (χ4v) is 0.798. The van der Waals surface area contributed by atoms with Gasteiger partial charge in [-0.15, -0.1) is 0 Å². The zero-order chi connectivity index (χ0) is 5.33. The van der Waals surface area contributed by atoms with E-state index in [1.165, 1.54) is 6.42 Å². The van der Waals surface area contributed by atoms with E-state index in [0.29, 0.717) is 6.42 Å². The van der Waals surface area contributed by atoms with Gasteiger partial charge in [0.05, 0.1) is 0 Å². The zero-order valence-electron chi connectivity index (χ0n) is 4.09. The summed E-state index contributed by atoms with van der Waals surface area (Å²) < 4.78 is 0. The van der Waals surface area contributed by atoms with Crippen LogP contribution in [0.4, 0.5) is 0 Å². The van der Waals surface area contributed by atoms with Gasteiger partial charge in [-0.05, 0) is 12.8 Å². The Hall–Kier alpha value is -0.0800. The molecular weight excluding hydrogens is 92.1 g/mol. The minimum Gasteiger partial charge on any atom is -0.365 e. The van der Waals surface area contributed by atoms with Crippen molar-refractivity contribution in [3.8, 4) is 0 Å². The van der Waals surface area contributed by atoms with Gasteiger partial charge in [-0.3, -0.25) is 0 Å². The van der Waals surface area contributed by atoms with E-state index in [-0.39, 0.29) is 0 Å². The minimum atomic E-state index is -1.43. The van der Waals surface area contributed by atoms with E-state index >= 15 is 0 Å². The number of aliphatic hydroxyl groups is 2. The third kappa shape index (κ3) is 1.14. The van der Waals surface area contributed by atoms with Crippen LogP contribution in [0.3, 0.4) is 0 Å². The fourth-order valence-electron chi connectivity index (χ4n) is 0.798. The fraction of sp³-hybridized carbons (Fsp3) is 0.800. The van der Waals surface area contributed by atoms with E-state index in [1.807, 2.05) is 0 Å². The Morgan fingerprint density at radius 3 is 2.29 bits per heavy atom. The van der Waals surface area contributed by atoms with Crippen LogP contribution in [0.15, 0.2) is 0 Å². The molecular formula is C5H9O2. The Morgan fingerprint density at radius 2 is 2.14 bits per heavy atom. The van der Waals surface area contributed by atoms with E-state index in [9.17, 15) is 0 Å². The summed E-state index contributed by atoms with van der Waals surface area (Å²) in [6.07, 6.45) is 3.79. The summed E-state index contributed by atoms with van der Waals surface area (Å²) in [6.45, 7) is 0. The molecule has 2 N–H and O–H groups in total. The maximum atomic E-state index is 8.69. The summed E-state index contributed by atoms with van der Waals surface area (Å²) in [5, 5.41) is 17.4. The molecule has 0 amide bonds. The van der Waals surface area contributed by atoms with Gasteiger partial charge < -0.3 is 10.2 Å². The topological polar surface area (TPSA) is 40.5 Å². The normalized spacial score (nSPS) is 28.3. The average molecular weight is 101 g/mol. The number of hydrogen-bond acceptors (Lipinski definition) is 2. The highest BCUT2D eigenvalue weighted by Gasteiger charge is 2.27. The number of hydrogen-bond donors (Lipinski definition) is 2. The second kappa shape index (κ2) is 1.46. The Balaban J connectivity index is 2.40. The second-order valence-electron chi connectivity index (χ2n) is 1.97. The molecule has 1 radical (unpaired) electrons. The molecule has 0 aromatic heterocycles. The molecule has 1 rings (SSSR count). The maximum Gasteiger partial charge on any atom is 0.165 e. The van der Waals surface area contributed by atoms with Crippen LogP contribution in [0.25, 0.3) is 0 Å². The van der Waals surface area contributed by atoms with Gasteiger partial charge in [0.2, 0.25) is 0 Å². The molecule has 7 heavy (non-hydrogen) atoms. The van der Waals surface area contributed by atoms with Crippen molar-refractivity contribution in [2.24, 2.45) is 0 Å². The molecule has 0 spiro atoms. The highest BCUT2D eigenvalue weighted by molar-refractivity contribution is 4.89. The minimum absolute atomic E-state index is 0.507. The van der Waals surface area contributed by atoms with Gasteiger partial charge in [0.25, 0.3) is 0 Å². The van der Waals surface area contributed by atoms with E-state index in [2.05, 4.69) is 0 Å². The van der Waals surface area contributed by atoms with Gasteiger partial charge >= 0.3 is 0 Å². The van der Waals surface area contributed by atoms with Crippen LogP contribution >= 0.6 is 0 Å². The first-order valence-corrected chi connectivity index (χ1v) is 2.50. The molecule has 1 aliphatic carbocycles. The summed E-state index contributed by atoms with van der Waals surface area (Å²) in [5.74, 6) is -1.43. The van der Waals surface area contributed by atoms with Crippen LogP contribution in [0.1, 0.15) is 19.3 Å². The molecule has 41 valence electrons. The largest absolute Gasteiger partial charge is 0.365 e. The molecule has 0 heterocycles. The highest BCUT2D eigenvalue weighted by atomic mass is 16.5. The monoisotopic (exact) mass is 101 g/mol. The van der Waals surface area contributed by atoms with Crippen LogP contribution in [0, 0.1) is 6.42 Å². The van der Waals surface area contributed by atoms with E-state index in [0.717, 1.165) is 12.8 Å². The van der Waals surface area contributed by atoms with Crippen LogP contribution in [0.5, 0.6) is 0 Å². The molecule has 0 aromatic carbocycles. The standard InChI is InChI=1S/C5H9O2/c6-5(7)3-1-2-4-5/h3,6-7H,1-2,4H2. The summed E-state index contributed by atoms with van der Waals surface area (Å²) in [5.41, 5.74) is 0. The van der Waals surface area contributed by atoms with Crippen LogP contribution in [0.2, 0.25) is 0 Å². The SMILES string of the molecule is OC1(O)[CH]CCC1. The quantitative estimate of drug-likeness (QED) is 0.423. The second-order valence-corrected chi connectivity index (χ2v) is 1.97. The van der Waals surface area contributed by atoms with Gasteiger partial charge in [0.15, 0.2) is 5.79 Å². The molecule has 1 fully saturated rings. The Bertz CT molecular complexity index is 60.5. The van der Waals surface area contributed by atoms with E-state index in [1.54, 1.807) is 0 Å². The predicted octanol–water partition coefficient (Wildman–Crippen LogP) is 0.0555. The van der Waals surface area contributed by atoms with Crippen molar-refractivity contribution in [3.63, 3.8) is 0 Å². The third-order valence-electron chi connectivity index (χ3n) is 1.22. The lowest BCUT2D eigenvalue weighted by atomic mass is 10.2. The molecule has 0 aliphatic heterocycles. The van der Waals surface area contributed by atoms with Crippen molar-refractivity contribution >= 4 is 0 Å². The van der Waals surface area contributed by atoms with Crippen LogP contribution in [-0.4, -0.2) is 16.0 Å². The van der Waals surface area contributed by atoms with Crippen molar-refractivity contribution in [1.29, 1.82) is 0 Å². The Morgan fingerprint density at radius 1 is 1.43 bits per heavy atom. The molecule has 2 nitrogen and oxygen atoms in total. The molecule has 2 heteroatoms.